The first-order valence-corrected chi connectivity index (χ1v) is 7.34. The third-order valence-corrected chi connectivity index (χ3v) is 3.45. The molecule has 7 nitrogen and oxygen atoms in total. The van der Waals surface area contributed by atoms with Crippen LogP contribution in [-0.4, -0.2) is 22.5 Å². The van der Waals surface area contributed by atoms with E-state index in [1.165, 1.54) is 24.3 Å². The number of amides is 1. The van der Waals surface area contributed by atoms with Gasteiger partial charge in [-0.25, -0.2) is 0 Å². The van der Waals surface area contributed by atoms with Gasteiger partial charge in [0.1, 0.15) is 11.5 Å². The number of aryl methyl sites for hydroxylation is 1. The van der Waals surface area contributed by atoms with E-state index in [0.29, 0.717) is 17.0 Å². The van der Waals surface area contributed by atoms with Crippen molar-refractivity contribution in [3.05, 3.63) is 58.1 Å². The Balaban J connectivity index is 1.92. The number of ether oxygens (including phenoxy) is 1. The lowest BCUT2D eigenvalue weighted by molar-refractivity contribution is -0.385. The Morgan fingerprint density at radius 1 is 1.29 bits per heavy atom. The molecule has 2 N–H and O–H groups in total. The third-order valence-electron chi connectivity index (χ3n) is 3.45. The van der Waals surface area contributed by atoms with E-state index >= 15 is 0 Å². The summed E-state index contributed by atoms with van der Waals surface area (Å²) in [6, 6.07) is 10.6. The predicted molar refractivity (Wildman–Crippen MR) is 89.2 cm³/mol. The number of carbonyl (C=O) groups is 1. The molecule has 0 aliphatic heterocycles. The topological polar surface area (TPSA) is 102 Å². The molecule has 0 saturated carbocycles. The fourth-order valence-electron chi connectivity index (χ4n) is 2.04. The average molecular weight is 330 g/mol. The number of nitrogens with zero attached hydrogens (tertiary/aromatic N) is 1. The van der Waals surface area contributed by atoms with Crippen LogP contribution in [0.15, 0.2) is 42.5 Å². The van der Waals surface area contributed by atoms with Crippen LogP contribution >= 0.6 is 0 Å². The van der Waals surface area contributed by atoms with Gasteiger partial charge in [-0.05, 0) is 43.3 Å². The van der Waals surface area contributed by atoms with Gasteiger partial charge in [-0.1, -0.05) is 6.92 Å². The molecule has 0 radical (unpaired) electrons. The molecule has 0 fully saturated rings. The molecule has 0 aliphatic carbocycles. The van der Waals surface area contributed by atoms with Crippen molar-refractivity contribution < 1.29 is 19.6 Å². The van der Waals surface area contributed by atoms with Crippen molar-refractivity contribution >= 4 is 17.3 Å². The van der Waals surface area contributed by atoms with Crippen LogP contribution in [0.2, 0.25) is 0 Å². The molecule has 7 heteroatoms. The first-order chi connectivity index (χ1) is 11.4. The van der Waals surface area contributed by atoms with Gasteiger partial charge in [0.15, 0.2) is 0 Å². The van der Waals surface area contributed by atoms with E-state index in [4.69, 9.17) is 4.74 Å². The minimum atomic E-state index is -0.463. The average Bonchev–Trinajstić information content (AvgIpc) is 2.53. The number of carbonyl (C=O) groups excluding carboxylic acids is 1. The lowest BCUT2D eigenvalue weighted by atomic mass is 10.1. The Morgan fingerprint density at radius 2 is 1.96 bits per heavy atom. The summed E-state index contributed by atoms with van der Waals surface area (Å²) in [5, 5.41) is 22.7. The predicted octanol–water partition coefficient (Wildman–Crippen LogP) is 3.26. The van der Waals surface area contributed by atoms with Crippen LogP contribution in [0, 0.1) is 23.0 Å². The first-order valence-electron chi connectivity index (χ1n) is 7.34. The molecule has 2 aromatic carbocycles. The molecule has 0 bridgehead atoms. The van der Waals surface area contributed by atoms with Gasteiger partial charge in [-0.15, -0.1) is 0 Å². The highest BCUT2D eigenvalue weighted by Crippen LogP contribution is 2.22. The van der Waals surface area contributed by atoms with Crippen molar-refractivity contribution in [1.82, 2.24) is 0 Å². The summed E-state index contributed by atoms with van der Waals surface area (Å²) in [5.74, 6) is 0.0247. The van der Waals surface area contributed by atoms with Crippen molar-refractivity contribution in [2.24, 2.45) is 5.92 Å². The highest BCUT2D eigenvalue weighted by atomic mass is 16.6. The standard InChI is InChI=1S/C17H18N2O5/c1-11-9-13(3-8-16(11)19(22)23)18-17(21)12(2)10-24-15-6-4-14(20)5-7-15/h3-9,12,20H,10H2,1-2H3,(H,18,21). The fourth-order valence-corrected chi connectivity index (χ4v) is 2.04. The van der Waals surface area contributed by atoms with Crippen LogP contribution in [0.4, 0.5) is 11.4 Å². The minimum Gasteiger partial charge on any atom is -0.508 e. The molecule has 0 aliphatic rings. The number of aromatic hydroxyl groups is 1. The van der Waals surface area contributed by atoms with Crippen molar-refractivity contribution in [2.45, 2.75) is 13.8 Å². The number of hydrogen-bond donors (Lipinski definition) is 2. The number of rotatable bonds is 6. The first kappa shape index (κ1) is 17.3. The Kier molecular flexibility index (Phi) is 5.36. The van der Waals surface area contributed by atoms with E-state index in [9.17, 15) is 20.0 Å². The van der Waals surface area contributed by atoms with Crippen molar-refractivity contribution in [3.8, 4) is 11.5 Å². The normalized spacial score (nSPS) is 11.6. The smallest absolute Gasteiger partial charge is 0.272 e. The van der Waals surface area contributed by atoms with Gasteiger partial charge < -0.3 is 15.2 Å². The molecule has 126 valence electrons. The lowest BCUT2D eigenvalue weighted by Gasteiger charge is -2.14. The number of phenolic OH excluding ortho intramolecular Hbond substituents is 1. The van der Waals surface area contributed by atoms with Crippen LogP contribution in [0.3, 0.4) is 0 Å². The summed E-state index contributed by atoms with van der Waals surface area (Å²) in [4.78, 5) is 22.5. The van der Waals surface area contributed by atoms with Crippen molar-refractivity contribution in [3.63, 3.8) is 0 Å². The molecule has 0 spiro atoms. The van der Waals surface area contributed by atoms with E-state index < -0.39 is 10.8 Å². The zero-order valence-corrected chi connectivity index (χ0v) is 13.4. The summed E-state index contributed by atoms with van der Waals surface area (Å²) in [6.45, 7) is 3.50. The van der Waals surface area contributed by atoms with Crippen LogP contribution in [0.1, 0.15) is 12.5 Å². The van der Waals surface area contributed by atoms with Crippen LogP contribution in [0.25, 0.3) is 0 Å². The van der Waals surface area contributed by atoms with Gasteiger partial charge in [-0.2, -0.15) is 0 Å². The van der Waals surface area contributed by atoms with Gasteiger partial charge in [0.25, 0.3) is 5.69 Å². The summed E-state index contributed by atoms with van der Waals surface area (Å²) >= 11 is 0. The summed E-state index contributed by atoms with van der Waals surface area (Å²) in [6.07, 6.45) is 0. The fraction of sp³-hybridized carbons (Fsp3) is 0.235. The second-order valence-electron chi connectivity index (χ2n) is 5.45. The molecule has 1 amide bonds. The maximum absolute atomic E-state index is 12.2. The SMILES string of the molecule is Cc1cc(NC(=O)C(C)COc2ccc(O)cc2)ccc1[N+](=O)[O-]. The summed E-state index contributed by atoms with van der Waals surface area (Å²) in [7, 11) is 0. The van der Waals surface area contributed by atoms with Gasteiger partial charge in [0, 0.05) is 17.3 Å². The monoisotopic (exact) mass is 330 g/mol. The molecule has 1 atom stereocenters. The second-order valence-corrected chi connectivity index (χ2v) is 5.45. The number of nitro benzene ring substituents is 1. The lowest BCUT2D eigenvalue weighted by Crippen LogP contribution is -2.25. The van der Waals surface area contributed by atoms with Crippen molar-refractivity contribution in [1.29, 1.82) is 0 Å². The van der Waals surface area contributed by atoms with E-state index in [2.05, 4.69) is 5.32 Å². The largest absolute Gasteiger partial charge is 0.508 e. The van der Waals surface area contributed by atoms with Gasteiger partial charge in [-0.3, -0.25) is 14.9 Å². The second kappa shape index (κ2) is 7.45. The maximum atomic E-state index is 12.2. The van der Waals surface area contributed by atoms with Crippen LogP contribution < -0.4 is 10.1 Å². The highest BCUT2D eigenvalue weighted by Gasteiger charge is 2.16. The summed E-state index contributed by atoms with van der Waals surface area (Å²) < 4.78 is 5.49. The Labute approximate surface area is 139 Å². The Morgan fingerprint density at radius 3 is 2.54 bits per heavy atom. The van der Waals surface area contributed by atoms with E-state index in [1.54, 1.807) is 32.0 Å². The van der Waals surface area contributed by atoms with Gasteiger partial charge >= 0.3 is 0 Å². The quantitative estimate of drug-likeness (QED) is 0.625. The minimum absolute atomic E-state index is 0.0108. The number of hydrogen-bond acceptors (Lipinski definition) is 5. The molecule has 0 aromatic heterocycles. The summed E-state index contributed by atoms with van der Waals surface area (Å²) in [5.41, 5.74) is 0.988. The van der Waals surface area contributed by atoms with Gasteiger partial charge in [0.2, 0.25) is 5.91 Å². The van der Waals surface area contributed by atoms with Crippen LogP contribution in [0.5, 0.6) is 11.5 Å². The molecule has 24 heavy (non-hydrogen) atoms. The molecule has 0 heterocycles. The number of anilines is 1. The molecule has 0 saturated heterocycles. The maximum Gasteiger partial charge on any atom is 0.272 e. The molecular formula is C17H18N2O5. The van der Waals surface area contributed by atoms with E-state index in [-0.39, 0.29) is 24.0 Å². The number of benzene rings is 2. The van der Waals surface area contributed by atoms with E-state index in [1.807, 2.05) is 0 Å². The Hall–Kier alpha value is -3.09. The van der Waals surface area contributed by atoms with Gasteiger partial charge in [0.05, 0.1) is 17.4 Å². The van der Waals surface area contributed by atoms with Crippen LogP contribution in [-0.2, 0) is 4.79 Å². The number of nitro groups is 1. The number of nitrogens with one attached hydrogen (secondary N) is 1. The third kappa shape index (κ3) is 4.45. The van der Waals surface area contributed by atoms with E-state index in [0.717, 1.165) is 0 Å². The molecule has 2 rings (SSSR count). The molecule has 2 aromatic rings. The number of phenols is 1. The molecule has 1 unspecified atom stereocenters. The highest BCUT2D eigenvalue weighted by molar-refractivity contribution is 5.92. The van der Waals surface area contributed by atoms with Crippen molar-refractivity contribution in [2.75, 3.05) is 11.9 Å². The zero-order chi connectivity index (χ0) is 17.7. The zero-order valence-electron chi connectivity index (χ0n) is 13.4. The Bertz CT molecular complexity index is 743. The molecular weight excluding hydrogens is 312 g/mol.